The van der Waals surface area contributed by atoms with Crippen LogP contribution in [0.25, 0.3) is 11.8 Å². The van der Waals surface area contributed by atoms with Gasteiger partial charge in [-0.1, -0.05) is 59.9 Å². The monoisotopic (exact) mass is 511 g/mol. The van der Waals surface area contributed by atoms with Crippen LogP contribution in [-0.2, 0) is 9.53 Å². The average Bonchev–Trinajstić information content (AvgIpc) is 3.24. The number of fused-ring (bicyclic) bond motifs is 1. The van der Waals surface area contributed by atoms with Crippen LogP contribution in [0.1, 0.15) is 36.6 Å². The fraction of sp³-hybridized carbons (Fsp3) is 0.172. The predicted octanol–water partition coefficient (Wildman–Crippen LogP) is 3.73. The van der Waals surface area contributed by atoms with Crippen molar-refractivity contribution in [3.8, 4) is 5.75 Å². The van der Waals surface area contributed by atoms with Crippen LogP contribution < -0.4 is 19.6 Å². The number of aromatic nitrogens is 2. The maximum Gasteiger partial charge on any atom is 0.338 e. The molecule has 37 heavy (non-hydrogen) atoms. The number of hydrogen-bond acceptors (Lipinski definition) is 7. The van der Waals surface area contributed by atoms with E-state index in [2.05, 4.69) is 4.98 Å². The summed E-state index contributed by atoms with van der Waals surface area (Å²) in [5.41, 5.74) is 2.90. The van der Waals surface area contributed by atoms with Gasteiger partial charge < -0.3 is 9.47 Å². The second-order valence-electron chi connectivity index (χ2n) is 8.22. The predicted molar refractivity (Wildman–Crippen MR) is 143 cm³/mol. The van der Waals surface area contributed by atoms with Crippen molar-refractivity contribution in [2.45, 2.75) is 19.9 Å². The lowest BCUT2D eigenvalue weighted by Crippen LogP contribution is -2.40. The van der Waals surface area contributed by atoms with Crippen molar-refractivity contribution >= 4 is 29.1 Å². The van der Waals surface area contributed by atoms with E-state index in [0.717, 1.165) is 16.7 Å². The molecular weight excluding hydrogens is 486 g/mol. The van der Waals surface area contributed by atoms with E-state index in [1.807, 2.05) is 73.7 Å². The standard InChI is InChI=1S/C29H25N3O4S/c1-3-35-22-14-12-21(13-15-22)26-24(28(34)36-4-2)25(20-10-6-5-7-11-20)31-29-32(26)27(33)23(37-29)17-19-9-8-16-30-18-19/h5-18,26H,3-4H2,1-2H3/b23-17-/t26-/m1/s1. The largest absolute Gasteiger partial charge is 0.494 e. The average molecular weight is 512 g/mol. The Labute approximate surface area is 217 Å². The third-order valence-corrected chi connectivity index (χ3v) is 6.85. The summed E-state index contributed by atoms with van der Waals surface area (Å²) in [6.07, 6.45) is 5.17. The quantitative estimate of drug-likeness (QED) is 0.353. The van der Waals surface area contributed by atoms with Crippen molar-refractivity contribution in [1.29, 1.82) is 0 Å². The Hall–Kier alpha value is -4.30. The van der Waals surface area contributed by atoms with Crippen LogP contribution in [0.4, 0.5) is 0 Å². The van der Waals surface area contributed by atoms with Gasteiger partial charge in [-0.15, -0.1) is 0 Å². The van der Waals surface area contributed by atoms with Gasteiger partial charge in [0.1, 0.15) is 5.75 Å². The van der Waals surface area contributed by atoms with Gasteiger partial charge in [-0.3, -0.25) is 14.3 Å². The molecule has 7 nitrogen and oxygen atoms in total. The molecule has 0 fully saturated rings. The summed E-state index contributed by atoms with van der Waals surface area (Å²) in [5, 5.41) is 0. The molecule has 0 radical (unpaired) electrons. The molecule has 0 amide bonds. The highest BCUT2D eigenvalue weighted by Gasteiger charge is 2.35. The first-order chi connectivity index (χ1) is 18.1. The summed E-state index contributed by atoms with van der Waals surface area (Å²) in [7, 11) is 0. The van der Waals surface area contributed by atoms with Crippen LogP contribution in [0.5, 0.6) is 5.75 Å². The Morgan fingerprint density at radius 3 is 2.49 bits per heavy atom. The van der Waals surface area contributed by atoms with Crippen molar-refractivity contribution in [3.63, 3.8) is 0 Å². The highest BCUT2D eigenvalue weighted by atomic mass is 32.1. The lowest BCUT2D eigenvalue weighted by Gasteiger charge is -2.26. The normalized spacial score (nSPS) is 15.2. The van der Waals surface area contributed by atoms with E-state index >= 15 is 0 Å². The summed E-state index contributed by atoms with van der Waals surface area (Å²) >= 11 is 1.28. The van der Waals surface area contributed by atoms with Crippen LogP contribution in [0.2, 0.25) is 0 Å². The Kier molecular flexibility index (Phi) is 7.09. The molecule has 186 valence electrons. The number of benzene rings is 2. The van der Waals surface area contributed by atoms with Crippen LogP contribution in [-0.4, -0.2) is 28.7 Å². The highest BCUT2D eigenvalue weighted by molar-refractivity contribution is 7.07. The highest BCUT2D eigenvalue weighted by Crippen LogP contribution is 2.35. The van der Waals surface area contributed by atoms with Gasteiger partial charge >= 0.3 is 5.97 Å². The zero-order valence-electron chi connectivity index (χ0n) is 20.5. The molecule has 1 aliphatic rings. The molecule has 0 N–H and O–H groups in total. The van der Waals surface area contributed by atoms with Crippen molar-refractivity contribution in [2.75, 3.05) is 13.2 Å². The zero-order chi connectivity index (χ0) is 25.8. The molecular formula is C29H25N3O4S. The van der Waals surface area contributed by atoms with Crippen molar-refractivity contribution in [3.05, 3.63) is 121 Å². The number of carbonyl (C=O) groups excluding carboxylic acids is 1. The number of pyridine rings is 1. The second kappa shape index (κ2) is 10.8. The van der Waals surface area contributed by atoms with Gasteiger partial charge in [-0.2, -0.15) is 0 Å². The third kappa shape index (κ3) is 4.88. The van der Waals surface area contributed by atoms with Crippen molar-refractivity contribution in [1.82, 2.24) is 9.55 Å². The Morgan fingerprint density at radius 2 is 1.81 bits per heavy atom. The van der Waals surface area contributed by atoms with Crippen molar-refractivity contribution < 1.29 is 14.3 Å². The molecule has 0 spiro atoms. The van der Waals surface area contributed by atoms with E-state index in [1.54, 1.807) is 30.0 Å². The number of ether oxygens (including phenoxy) is 2. The number of hydrogen-bond donors (Lipinski definition) is 0. The van der Waals surface area contributed by atoms with E-state index < -0.39 is 12.0 Å². The molecule has 0 aliphatic carbocycles. The van der Waals surface area contributed by atoms with E-state index in [-0.39, 0.29) is 12.2 Å². The number of thiazole rings is 1. The minimum absolute atomic E-state index is 0.200. The van der Waals surface area contributed by atoms with Gasteiger partial charge in [-0.05, 0) is 49.2 Å². The number of rotatable bonds is 7. The molecule has 1 atom stereocenters. The number of nitrogens with zero attached hydrogens (tertiary/aromatic N) is 3. The molecule has 0 saturated carbocycles. The summed E-state index contributed by atoms with van der Waals surface area (Å²) < 4.78 is 13.2. The first kappa shape index (κ1) is 24.4. The molecule has 2 aromatic heterocycles. The smallest absolute Gasteiger partial charge is 0.338 e. The SMILES string of the molecule is CCOC(=O)C1=C(c2ccccc2)N=c2s/c(=C\c3cccnc3)c(=O)n2[C@@H]1c1ccc(OCC)cc1. The van der Waals surface area contributed by atoms with Crippen molar-refractivity contribution in [2.24, 2.45) is 4.99 Å². The summed E-state index contributed by atoms with van der Waals surface area (Å²) in [4.78, 5) is 36.8. The Bertz CT molecular complexity index is 1620. The molecule has 0 unspecified atom stereocenters. The molecule has 0 saturated heterocycles. The summed E-state index contributed by atoms with van der Waals surface area (Å²) in [5.74, 6) is 0.200. The molecule has 5 rings (SSSR count). The molecule has 1 aliphatic heterocycles. The Balaban J connectivity index is 1.80. The lowest BCUT2D eigenvalue weighted by atomic mass is 9.93. The minimum Gasteiger partial charge on any atom is -0.494 e. The molecule has 4 aromatic rings. The summed E-state index contributed by atoms with van der Waals surface area (Å²) in [6.45, 7) is 4.42. The maximum absolute atomic E-state index is 13.8. The van der Waals surface area contributed by atoms with Gasteiger partial charge in [0.15, 0.2) is 4.80 Å². The third-order valence-electron chi connectivity index (χ3n) is 5.86. The van der Waals surface area contributed by atoms with E-state index in [4.69, 9.17) is 14.5 Å². The molecule has 3 heterocycles. The van der Waals surface area contributed by atoms with Crippen LogP contribution >= 0.6 is 11.3 Å². The first-order valence-electron chi connectivity index (χ1n) is 12.0. The fourth-order valence-corrected chi connectivity index (χ4v) is 5.28. The molecule has 8 heteroatoms. The van der Waals surface area contributed by atoms with E-state index in [9.17, 15) is 9.59 Å². The number of carbonyl (C=O) groups is 1. The van der Waals surface area contributed by atoms with Gasteiger partial charge in [0.05, 0.1) is 35.1 Å². The molecule has 0 bridgehead atoms. The second-order valence-corrected chi connectivity index (χ2v) is 9.23. The van der Waals surface area contributed by atoms with Crippen LogP contribution in [0.3, 0.4) is 0 Å². The first-order valence-corrected chi connectivity index (χ1v) is 12.8. The maximum atomic E-state index is 13.8. The fourth-order valence-electron chi connectivity index (χ4n) is 4.28. The van der Waals surface area contributed by atoms with E-state index in [1.165, 1.54) is 11.3 Å². The number of esters is 1. The zero-order valence-corrected chi connectivity index (χ0v) is 21.3. The molecule has 2 aromatic carbocycles. The van der Waals surface area contributed by atoms with Crippen LogP contribution in [0.15, 0.2) is 94.5 Å². The van der Waals surface area contributed by atoms with E-state index in [0.29, 0.717) is 33.0 Å². The van der Waals surface area contributed by atoms with Gasteiger partial charge in [0.2, 0.25) is 0 Å². The van der Waals surface area contributed by atoms with Crippen LogP contribution in [0, 0.1) is 0 Å². The minimum atomic E-state index is -0.725. The summed E-state index contributed by atoms with van der Waals surface area (Å²) in [6, 6.07) is 19.9. The van der Waals surface area contributed by atoms with Gasteiger partial charge in [0, 0.05) is 18.0 Å². The topological polar surface area (TPSA) is 82.8 Å². The van der Waals surface area contributed by atoms with Gasteiger partial charge in [-0.25, -0.2) is 9.79 Å². The lowest BCUT2D eigenvalue weighted by molar-refractivity contribution is -0.138. The Morgan fingerprint density at radius 1 is 1.03 bits per heavy atom. The van der Waals surface area contributed by atoms with Gasteiger partial charge in [0.25, 0.3) is 5.56 Å².